The van der Waals surface area contributed by atoms with Crippen molar-refractivity contribution >= 4 is 23.1 Å². The van der Waals surface area contributed by atoms with Crippen molar-refractivity contribution in [2.24, 2.45) is 0 Å². The molecule has 0 atom stereocenters. The third kappa shape index (κ3) is 4.00. The lowest BCUT2D eigenvalue weighted by molar-refractivity contribution is 0.425. The molecule has 0 fully saturated rings. The molecule has 0 aliphatic heterocycles. The van der Waals surface area contributed by atoms with Gasteiger partial charge in [-0.05, 0) is 40.9 Å². The van der Waals surface area contributed by atoms with Crippen LogP contribution in [-0.4, -0.2) is 30.3 Å². The van der Waals surface area contributed by atoms with Gasteiger partial charge in [-0.1, -0.05) is 40.7 Å². The number of aromatic nitrogens is 6. The maximum atomic E-state index is 5.36. The first-order chi connectivity index (χ1) is 12.8. The number of rotatable bonds is 7. The van der Waals surface area contributed by atoms with E-state index in [0.717, 1.165) is 23.7 Å². The van der Waals surface area contributed by atoms with Gasteiger partial charge in [0, 0.05) is 16.9 Å². The number of thiophene rings is 1. The third-order valence-electron chi connectivity index (χ3n) is 3.75. The van der Waals surface area contributed by atoms with Crippen molar-refractivity contribution in [3.63, 3.8) is 0 Å². The maximum absolute atomic E-state index is 5.36. The first-order valence-electron chi connectivity index (χ1n) is 8.09. The molecule has 7 nitrogen and oxygen atoms in total. The normalized spacial score (nSPS) is 11.1. The van der Waals surface area contributed by atoms with Crippen molar-refractivity contribution < 1.29 is 4.52 Å². The van der Waals surface area contributed by atoms with Crippen molar-refractivity contribution in [2.45, 2.75) is 30.8 Å². The molecule has 9 heteroatoms. The van der Waals surface area contributed by atoms with Crippen LogP contribution in [-0.2, 0) is 18.7 Å². The molecule has 4 aromatic rings. The first-order valence-corrected chi connectivity index (χ1v) is 9.95. The Balaban J connectivity index is 1.37. The molecule has 0 unspecified atom stereocenters. The minimum atomic E-state index is 0.526. The van der Waals surface area contributed by atoms with Crippen LogP contribution in [0.3, 0.4) is 0 Å². The quantitative estimate of drug-likeness (QED) is 0.450. The van der Waals surface area contributed by atoms with Gasteiger partial charge < -0.3 is 4.52 Å². The molecule has 0 aliphatic carbocycles. The van der Waals surface area contributed by atoms with E-state index in [1.165, 1.54) is 22.2 Å². The summed E-state index contributed by atoms with van der Waals surface area (Å²) < 4.78 is 7.17. The predicted octanol–water partition coefficient (Wildman–Crippen LogP) is 3.63. The van der Waals surface area contributed by atoms with E-state index >= 15 is 0 Å². The van der Waals surface area contributed by atoms with Crippen LogP contribution < -0.4 is 0 Å². The average Bonchev–Trinajstić information content (AvgIpc) is 3.40. The fourth-order valence-electron chi connectivity index (χ4n) is 2.37. The van der Waals surface area contributed by atoms with E-state index in [2.05, 4.69) is 43.2 Å². The number of nitrogens with zero attached hydrogens (tertiary/aromatic N) is 6. The summed E-state index contributed by atoms with van der Waals surface area (Å²) in [5, 5.41) is 18.8. The van der Waals surface area contributed by atoms with Crippen LogP contribution in [0.15, 0.2) is 51.5 Å². The molecular weight excluding hydrogens is 368 g/mol. The van der Waals surface area contributed by atoms with E-state index < -0.39 is 0 Å². The zero-order chi connectivity index (χ0) is 17.8. The van der Waals surface area contributed by atoms with Gasteiger partial charge in [-0.15, -0.1) is 16.4 Å². The van der Waals surface area contributed by atoms with Gasteiger partial charge in [0.25, 0.3) is 5.89 Å². The van der Waals surface area contributed by atoms with Crippen LogP contribution in [0.2, 0.25) is 0 Å². The number of tetrazole rings is 1. The van der Waals surface area contributed by atoms with Crippen molar-refractivity contribution in [3.8, 4) is 11.5 Å². The van der Waals surface area contributed by atoms with Gasteiger partial charge in [-0.25, -0.2) is 4.68 Å². The first kappa shape index (κ1) is 16.9. The van der Waals surface area contributed by atoms with E-state index in [0.29, 0.717) is 17.5 Å². The smallest absolute Gasteiger partial charge is 0.257 e. The van der Waals surface area contributed by atoms with E-state index in [-0.39, 0.29) is 0 Å². The van der Waals surface area contributed by atoms with Gasteiger partial charge >= 0.3 is 0 Å². The largest absolute Gasteiger partial charge is 0.334 e. The Morgan fingerprint density at radius 2 is 2.08 bits per heavy atom. The average molecular weight is 384 g/mol. The molecule has 0 saturated heterocycles. The van der Waals surface area contributed by atoms with Crippen LogP contribution in [0.4, 0.5) is 0 Å². The monoisotopic (exact) mass is 384 g/mol. The highest BCUT2D eigenvalue weighted by molar-refractivity contribution is 7.98. The summed E-state index contributed by atoms with van der Waals surface area (Å²) in [5.41, 5.74) is 2.11. The SMILES string of the molecule is Cc1ccc(-c2nc(CSc3nnnn3CCc3cccs3)no2)cc1. The standard InChI is InChI=1S/C17H16N6OS2/c1-12-4-6-13(7-5-12)16-18-15(20-24-16)11-26-17-19-21-22-23(17)9-8-14-3-2-10-25-14/h2-7,10H,8-9,11H2,1H3. The van der Waals surface area contributed by atoms with Crippen LogP contribution in [0, 0.1) is 6.92 Å². The minimum Gasteiger partial charge on any atom is -0.334 e. The van der Waals surface area contributed by atoms with E-state index in [4.69, 9.17) is 4.52 Å². The van der Waals surface area contributed by atoms with E-state index in [1.807, 2.05) is 35.9 Å². The van der Waals surface area contributed by atoms with Gasteiger partial charge in [0.15, 0.2) is 5.82 Å². The van der Waals surface area contributed by atoms with Crippen molar-refractivity contribution in [2.75, 3.05) is 0 Å². The molecular formula is C17H16N6OS2. The molecule has 26 heavy (non-hydrogen) atoms. The van der Waals surface area contributed by atoms with Gasteiger partial charge in [0.2, 0.25) is 5.16 Å². The number of thioether (sulfide) groups is 1. The molecule has 132 valence electrons. The molecule has 3 heterocycles. The lowest BCUT2D eigenvalue weighted by Crippen LogP contribution is -2.04. The van der Waals surface area contributed by atoms with E-state index in [1.54, 1.807) is 11.3 Å². The number of hydrogen-bond donors (Lipinski definition) is 0. The Kier molecular flexibility index (Phi) is 5.07. The predicted molar refractivity (Wildman–Crippen MR) is 99.9 cm³/mol. The lowest BCUT2D eigenvalue weighted by atomic mass is 10.1. The summed E-state index contributed by atoms with van der Waals surface area (Å²) in [6.45, 7) is 2.79. The highest BCUT2D eigenvalue weighted by Crippen LogP contribution is 2.22. The van der Waals surface area contributed by atoms with Gasteiger partial charge in [-0.3, -0.25) is 0 Å². The second-order valence-corrected chi connectivity index (χ2v) is 7.66. The Labute approximate surface area is 158 Å². The Hall–Kier alpha value is -2.52. The van der Waals surface area contributed by atoms with E-state index in [9.17, 15) is 0 Å². The van der Waals surface area contributed by atoms with Crippen molar-refractivity contribution in [3.05, 3.63) is 58.0 Å². The minimum absolute atomic E-state index is 0.526. The van der Waals surface area contributed by atoms with Crippen LogP contribution in [0.5, 0.6) is 0 Å². The molecule has 3 aromatic heterocycles. The van der Waals surface area contributed by atoms with Gasteiger partial charge in [0.05, 0.1) is 12.3 Å². The molecule has 0 saturated carbocycles. The maximum Gasteiger partial charge on any atom is 0.257 e. The van der Waals surface area contributed by atoms with Crippen molar-refractivity contribution in [1.29, 1.82) is 0 Å². The second kappa shape index (κ2) is 7.79. The lowest BCUT2D eigenvalue weighted by Gasteiger charge is -2.01. The topological polar surface area (TPSA) is 82.5 Å². The summed E-state index contributed by atoms with van der Waals surface area (Å²) >= 11 is 3.24. The van der Waals surface area contributed by atoms with Crippen LogP contribution in [0.25, 0.3) is 11.5 Å². The van der Waals surface area contributed by atoms with Crippen LogP contribution in [0.1, 0.15) is 16.3 Å². The summed E-state index contributed by atoms with van der Waals surface area (Å²) in [7, 11) is 0. The highest BCUT2D eigenvalue weighted by Gasteiger charge is 2.12. The molecule has 0 bridgehead atoms. The molecule has 0 spiro atoms. The fraction of sp³-hybridized carbons (Fsp3) is 0.235. The van der Waals surface area contributed by atoms with Crippen molar-refractivity contribution in [1.82, 2.24) is 30.3 Å². The molecule has 0 radical (unpaired) electrons. The summed E-state index contributed by atoms with van der Waals surface area (Å²) in [6.07, 6.45) is 0.913. The molecule has 1 aromatic carbocycles. The van der Waals surface area contributed by atoms with Gasteiger partial charge in [-0.2, -0.15) is 4.98 Å². The number of aryl methyl sites for hydroxylation is 3. The highest BCUT2D eigenvalue weighted by atomic mass is 32.2. The van der Waals surface area contributed by atoms with Gasteiger partial charge in [0.1, 0.15) is 0 Å². The number of hydrogen-bond acceptors (Lipinski definition) is 8. The Morgan fingerprint density at radius 3 is 2.88 bits per heavy atom. The number of benzene rings is 1. The molecule has 0 aliphatic rings. The summed E-state index contributed by atoms with van der Waals surface area (Å²) in [6, 6.07) is 12.2. The van der Waals surface area contributed by atoms with Crippen LogP contribution >= 0.6 is 23.1 Å². The molecule has 4 rings (SSSR count). The Morgan fingerprint density at radius 1 is 1.19 bits per heavy atom. The molecule has 0 amide bonds. The zero-order valence-corrected chi connectivity index (χ0v) is 15.7. The second-order valence-electron chi connectivity index (χ2n) is 5.68. The summed E-state index contributed by atoms with van der Waals surface area (Å²) in [5.74, 6) is 1.70. The zero-order valence-electron chi connectivity index (χ0n) is 14.1. The molecule has 0 N–H and O–H groups in total. The third-order valence-corrected chi connectivity index (χ3v) is 5.64. The summed E-state index contributed by atoms with van der Waals surface area (Å²) in [4.78, 5) is 5.77. The fourth-order valence-corrected chi connectivity index (χ4v) is 3.81. The Bertz CT molecular complexity index is 961.